The summed E-state index contributed by atoms with van der Waals surface area (Å²) in [7, 11) is -2.27. The summed E-state index contributed by atoms with van der Waals surface area (Å²) in [5, 5.41) is 11.1. The van der Waals surface area contributed by atoms with Gasteiger partial charge in [0.2, 0.25) is 0 Å². The van der Waals surface area contributed by atoms with Crippen molar-refractivity contribution in [3.8, 4) is 11.5 Å². The van der Waals surface area contributed by atoms with E-state index in [1.807, 2.05) is 43.3 Å². The third-order valence-electron chi connectivity index (χ3n) is 7.47. The molecule has 0 amide bonds. The highest BCUT2D eigenvalue weighted by molar-refractivity contribution is 7.92. The molecule has 1 aromatic heterocycles. The summed E-state index contributed by atoms with van der Waals surface area (Å²) in [4.78, 5) is 13.4. The zero-order valence-electron chi connectivity index (χ0n) is 22.5. The van der Waals surface area contributed by atoms with Crippen LogP contribution in [0.2, 0.25) is 0 Å². The van der Waals surface area contributed by atoms with E-state index >= 15 is 0 Å². The van der Waals surface area contributed by atoms with Crippen LogP contribution in [0.3, 0.4) is 0 Å². The van der Waals surface area contributed by atoms with Crippen LogP contribution in [0.1, 0.15) is 60.5 Å². The Morgan fingerprint density at radius 1 is 1.00 bits per heavy atom. The molecule has 0 saturated heterocycles. The van der Waals surface area contributed by atoms with E-state index in [1.54, 1.807) is 36.4 Å². The van der Waals surface area contributed by atoms with Crippen LogP contribution in [0, 0.1) is 5.92 Å². The molecule has 3 aromatic carbocycles. The predicted octanol–water partition coefficient (Wildman–Crippen LogP) is 6.43. The van der Waals surface area contributed by atoms with Crippen LogP contribution in [0.15, 0.2) is 99.0 Å². The van der Waals surface area contributed by atoms with Gasteiger partial charge in [-0.15, -0.1) is 0 Å². The van der Waals surface area contributed by atoms with E-state index in [2.05, 4.69) is 4.72 Å². The van der Waals surface area contributed by atoms with E-state index in [9.17, 15) is 18.3 Å². The number of methoxy groups -OCH3 is 1. The third-order valence-corrected chi connectivity index (χ3v) is 8.87. The number of hydrogen-bond acceptors (Lipinski definition) is 6. The van der Waals surface area contributed by atoms with Crippen molar-refractivity contribution in [3.63, 3.8) is 0 Å². The summed E-state index contributed by atoms with van der Waals surface area (Å²) >= 11 is 0. The second-order valence-corrected chi connectivity index (χ2v) is 11.9. The van der Waals surface area contributed by atoms with Gasteiger partial charge in [-0.2, -0.15) is 0 Å². The second kappa shape index (κ2) is 11.6. The molecule has 1 aliphatic rings. The molecule has 1 saturated carbocycles. The molecule has 1 aliphatic carbocycles. The van der Waals surface area contributed by atoms with E-state index in [0.717, 1.165) is 24.0 Å². The van der Waals surface area contributed by atoms with Crippen molar-refractivity contribution in [2.24, 2.45) is 5.92 Å². The fourth-order valence-electron chi connectivity index (χ4n) is 5.22. The lowest BCUT2D eigenvalue weighted by molar-refractivity contribution is 0.379. The molecule has 2 atom stereocenters. The number of aromatic hydroxyl groups is 1. The van der Waals surface area contributed by atoms with Gasteiger partial charge in [-0.3, -0.25) is 4.72 Å². The molecule has 1 fully saturated rings. The molecule has 40 heavy (non-hydrogen) atoms. The van der Waals surface area contributed by atoms with E-state index < -0.39 is 15.6 Å². The Labute approximate surface area is 234 Å². The van der Waals surface area contributed by atoms with Crippen molar-refractivity contribution in [2.75, 3.05) is 11.8 Å². The molecule has 208 valence electrons. The first-order valence-corrected chi connectivity index (χ1v) is 14.9. The summed E-state index contributed by atoms with van der Waals surface area (Å²) in [5.74, 6) is 0.889. The molecule has 0 radical (unpaired) electrons. The van der Waals surface area contributed by atoms with Gasteiger partial charge in [-0.1, -0.05) is 49.4 Å². The molecule has 2 N–H and O–H groups in total. The van der Waals surface area contributed by atoms with Crippen LogP contribution >= 0.6 is 0 Å². The van der Waals surface area contributed by atoms with Gasteiger partial charge in [-0.25, -0.2) is 13.2 Å². The maximum atomic E-state index is 13.3. The lowest BCUT2D eigenvalue weighted by Crippen LogP contribution is -2.17. The topological polar surface area (TPSA) is 106 Å². The molecular formula is C32H33NO6S. The number of rotatable bonds is 11. The largest absolute Gasteiger partial charge is 0.507 e. The van der Waals surface area contributed by atoms with Crippen LogP contribution in [-0.4, -0.2) is 20.6 Å². The number of benzene rings is 3. The zero-order valence-corrected chi connectivity index (χ0v) is 23.4. The lowest BCUT2D eigenvalue weighted by atomic mass is 9.87. The van der Waals surface area contributed by atoms with Crippen molar-refractivity contribution in [1.82, 2.24) is 0 Å². The minimum Gasteiger partial charge on any atom is -0.507 e. The molecule has 0 aliphatic heterocycles. The predicted molar refractivity (Wildman–Crippen MR) is 155 cm³/mol. The standard InChI is InChI=1S/C32H33NO6S/c1-3-22(18-21-8-7-11-25(19-21)33-40(36,37)27-16-14-26(38-2)15-17-27)29-20-28(34)31(32(35)39-29)30(24-12-13-24)23-9-5-4-6-10-23/h4-11,14-17,19-20,22,24,30,33-34H,3,12-13,18H2,1-2H3. The first-order chi connectivity index (χ1) is 19.3. The van der Waals surface area contributed by atoms with E-state index in [4.69, 9.17) is 9.15 Å². The quantitative estimate of drug-likeness (QED) is 0.219. The number of hydrogen-bond donors (Lipinski definition) is 2. The Morgan fingerprint density at radius 2 is 1.73 bits per heavy atom. The van der Waals surface area contributed by atoms with Crippen molar-refractivity contribution in [3.05, 3.63) is 118 Å². The maximum absolute atomic E-state index is 13.3. The average molecular weight is 560 g/mol. The molecule has 0 spiro atoms. The summed E-state index contributed by atoms with van der Waals surface area (Å²) in [5.41, 5.74) is 2.12. The van der Waals surface area contributed by atoms with Crippen LogP contribution in [0.5, 0.6) is 11.5 Å². The lowest BCUT2D eigenvalue weighted by Gasteiger charge is -2.20. The Hall–Kier alpha value is -4.04. The molecule has 5 rings (SSSR count). The monoisotopic (exact) mass is 559 g/mol. The molecule has 2 unspecified atom stereocenters. The average Bonchev–Trinajstić information content (AvgIpc) is 3.79. The van der Waals surface area contributed by atoms with Crippen LogP contribution < -0.4 is 15.1 Å². The Morgan fingerprint density at radius 3 is 2.35 bits per heavy atom. The Kier molecular flexibility index (Phi) is 7.98. The van der Waals surface area contributed by atoms with Crippen LogP contribution in [-0.2, 0) is 16.4 Å². The Bertz CT molecular complexity index is 1630. The maximum Gasteiger partial charge on any atom is 0.343 e. The van der Waals surface area contributed by atoms with Gasteiger partial charge >= 0.3 is 5.63 Å². The molecule has 7 nitrogen and oxygen atoms in total. The zero-order chi connectivity index (χ0) is 28.3. The summed E-state index contributed by atoms with van der Waals surface area (Å²) in [6, 6.07) is 24.7. The fourth-order valence-corrected chi connectivity index (χ4v) is 6.27. The first-order valence-electron chi connectivity index (χ1n) is 13.5. The van der Waals surface area contributed by atoms with Crippen molar-refractivity contribution in [2.45, 2.75) is 49.3 Å². The minimum atomic E-state index is -3.79. The van der Waals surface area contributed by atoms with Gasteiger partial charge in [0, 0.05) is 23.6 Å². The van der Waals surface area contributed by atoms with E-state index in [0.29, 0.717) is 41.5 Å². The third kappa shape index (κ3) is 6.07. The highest BCUT2D eigenvalue weighted by atomic mass is 32.2. The smallest absolute Gasteiger partial charge is 0.343 e. The van der Waals surface area contributed by atoms with Gasteiger partial charge in [0.05, 0.1) is 17.6 Å². The van der Waals surface area contributed by atoms with Gasteiger partial charge in [0.25, 0.3) is 10.0 Å². The molecule has 4 aromatic rings. The number of anilines is 1. The normalized spacial score (nSPS) is 14.8. The van der Waals surface area contributed by atoms with Crippen molar-refractivity contribution < 1.29 is 22.7 Å². The van der Waals surface area contributed by atoms with Gasteiger partial charge in [0.1, 0.15) is 17.3 Å². The van der Waals surface area contributed by atoms with Gasteiger partial charge in [-0.05, 0) is 79.1 Å². The Balaban J connectivity index is 1.37. The number of nitrogens with one attached hydrogen (secondary N) is 1. The summed E-state index contributed by atoms with van der Waals surface area (Å²) < 4.78 is 39.4. The van der Waals surface area contributed by atoms with E-state index in [1.165, 1.54) is 19.2 Å². The van der Waals surface area contributed by atoms with Crippen molar-refractivity contribution in [1.29, 1.82) is 0 Å². The molecule has 0 bridgehead atoms. The summed E-state index contributed by atoms with van der Waals surface area (Å²) in [6.07, 6.45) is 3.18. The number of ether oxygens (including phenoxy) is 1. The minimum absolute atomic E-state index is 0.0357. The van der Waals surface area contributed by atoms with Gasteiger partial charge < -0.3 is 14.3 Å². The number of sulfonamides is 1. The molecule has 8 heteroatoms. The van der Waals surface area contributed by atoms with Crippen LogP contribution in [0.25, 0.3) is 0 Å². The molecular weight excluding hydrogens is 526 g/mol. The molecule has 1 heterocycles. The first kappa shape index (κ1) is 27.5. The van der Waals surface area contributed by atoms with Crippen LogP contribution in [0.4, 0.5) is 5.69 Å². The van der Waals surface area contributed by atoms with Gasteiger partial charge in [0.15, 0.2) is 0 Å². The highest BCUT2D eigenvalue weighted by Crippen LogP contribution is 2.47. The SMILES string of the molecule is CCC(Cc1cccc(NS(=O)(=O)c2ccc(OC)cc2)c1)c1cc(O)c(C(c2ccccc2)C2CC2)c(=O)o1. The second-order valence-electron chi connectivity index (χ2n) is 10.3. The summed E-state index contributed by atoms with van der Waals surface area (Å²) in [6.45, 7) is 1.99. The fraction of sp³-hybridized carbons (Fsp3) is 0.281. The van der Waals surface area contributed by atoms with Crippen molar-refractivity contribution >= 4 is 15.7 Å². The van der Waals surface area contributed by atoms with E-state index in [-0.39, 0.29) is 22.5 Å². The highest BCUT2D eigenvalue weighted by Gasteiger charge is 2.37.